The van der Waals surface area contributed by atoms with Gasteiger partial charge >= 0.3 is 0 Å². The molecule has 3 heteroatoms. The maximum absolute atomic E-state index is 6.35. The van der Waals surface area contributed by atoms with Crippen molar-refractivity contribution >= 4 is 22.4 Å². The van der Waals surface area contributed by atoms with Crippen LogP contribution in [0.1, 0.15) is 31.9 Å². The highest BCUT2D eigenvalue weighted by atomic mass is 35.5. The van der Waals surface area contributed by atoms with Gasteiger partial charge in [-0.25, -0.2) is 0 Å². The lowest BCUT2D eigenvalue weighted by Gasteiger charge is -2.28. The average molecular weight is 304 g/mol. The molecule has 1 saturated heterocycles. The third-order valence-corrected chi connectivity index (χ3v) is 4.86. The van der Waals surface area contributed by atoms with Crippen LogP contribution < -0.4 is 5.32 Å². The Hall–Kier alpha value is -1.09. The largest absolute Gasteiger partial charge is 0.378 e. The molecule has 1 heterocycles. The van der Waals surface area contributed by atoms with Crippen LogP contribution in [0, 0.1) is 5.92 Å². The Morgan fingerprint density at radius 3 is 2.67 bits per heavy atom. The molecule has 3 unspecified atom stereocenters. The first-order chi connectivity index (χ1) is 10.2. The van der Waals surface area contributed by atoms with Gasteiger partial charge in [0.1, 0.15) is 0 Å². The van der Waals surface area contributed by atoms with Crippen molar-refractivity contribution in [2.24, 2.45) is 5.92 Å². The molecule has 0 bridgehead atoms. The zero-order valence-corrected chi connectivity index (χ0v) is 13.4. The van der Waals surface area contributed by atoms with Crippen LogP contribution in [0.2, 0.25) is 5.02 Å². The molecule has 1 fully saturated rings. The van der Waals surface area contributed by atoms with Gasteiger partial charge in [-0.15, -0.1) is 0 Å². The van der Waals surface area contributed by atoms with Crippen LogP contribution in [0.5, 0.6) is 0 Å². The smallest absolute Gasteiger partial charge is 0.0594 e. The summed E-state index contributed by atoms with van der Waals surface area (Å²) in [7, 11) is 0. The van der Waals surface area contributed by atoms with E-state index in [0.717, 1.165) is 30.0 Å². The Labute approximate surface area is 131 Å². The molecule has 2 aromatic rings. The van der Waals surface area contributed by atoms with Crippen molar-refractivity contribution in [2.45, 2.75) is 32.4 Å². The zero-order chi connectivity index (χ0) is 14.8. The summed E-state index contributed by atoms with van der Waals surface area (Å²) in [5.74, 6) is 0.509. The third-order valence-electron chi connectivity index (χ3n) is 4.53. The van der Waals surface area contributed by atoms with E-state index in [1.807, 2.05) is 12.1 Å². The molecule has 1 N–H and O–H groups in total. The van der Waals surface area contributed by atoms with Gasteiger partial charge in [0.2, 0.25) is 0 Å². The first-order valence-electron chi connectivity index (χ1n) is 7.74. The van der Waals surface area contributed by atoms with Crippen LogP contribution in [0.25, 0.3) is 10.8 Å². The van der Waals surface area contributed by atoms with Gasteiger partial charge < -0.3 is 10.1 Å². The number of benzene rings is 2. The molecule has 21 heavy (non-hydrogen) atoms. The molecule has 2 nitrogen and oxygen atoms in total. The Bertz CT molecular complexity index is 628. The lowest BCUT2D eigenvalue weighted by atomic mass is 9.86. The molecular formula is C18H22ClNO. The van der Waals surface area contributed by atoms with Crippen molar-refractivity contribution < 1.29 is 4.74 Å². The van der Waals surface area contributed by atoms with Gasteiger partial charge in [0.15, 0.2) is 0 Å². The summed E-state index contributed by atoms with van der Waals surface area (Å²) < 4.78 is 5.78. The lowest BCUT2D eigenvalue weighted by Crippen LogP contribution is -2.32. The molecule has 3 atom stereocenters. The monoisotopic (exact) mass is 303 g/mol. The number of hydrogen-bond donors (Lipinski definition) is 1. The van der Waals surface area contributed by atoms with Crippen LogP contribution in [-0.2, 0) is 4.74 Å². The van der Waals surface area contributed by atoms with E-state index in [9.17, 15) is 0 Å². The van der Waals surface area contributed by atoms with Gasteiger partial charge in [-0.05, 0) is 36.9 Å². The Morgan fingerprint density at radius 2 is 2.00 bits per heavy atom. The average Bonchev–Trinajstić information content (AvgIpc) is 2.92. The van der Waals surface area contributed by atoms with E-state index in [1.165, 1.54) is 10.9 Å². The van der Waals surface area contributed by atoms with Crippen LogP contribution in [-0.4, -0.2) is 19.3 Å². The summed E-state index contributed by atoms with van der Waals surface area (Å²) in [4.78, 5) is 0. The Morgan fingerprint density at radius 1 is 1.24 bits per heavy atom. The SMILES string of the molecule is CCNC(c1ccc(Cl)c2ccccc12)C1CCOC1C. The van der Waals surface area contributed by atoms with Crippen molar-refractivity contribution in [1.82, 2.24) is 5.32 Å². The van der Waals surface area contributed by atoms with Gasteiger partial charge in [0.05, 0.1) is 6.10 Å². The van der Waals surface area contributed by atoms with Crippen molar-refractivity contribution in [3.63, 3.8) is 0 Å². The third kappa shape index (κ3) is 2.80. The molecule has 0 saturated carbocycles. The van der Waals surface area contributed by atoms with E-state index >= 15 is 0 Å². The molecule has 0 spiro atoms. The summed E-state index contributed by atoms with van der Waals surface area (Å²) in [6.07, 6.45) is 1.40. The molecule has 0 radical (unpaired) electrons. The van der Waals surface area contributed by atoms with Gasteiger partial charge in [0.25, 0.3) is 0 Å². The van der Waals surface area contributed by atoms with Crippen LogP contribution in [0.3, 0.4) is 0 Å². The van der Waals surface area contributed by atoms with Crippen molar-refractivity contribution in [1.29, 1.82) is 0 Å². The number of ether oxygens (including phenoxy) is 1. The van der Waals surface area contributed by atoms with Gasteiger partial charge in [-0.2, -0.15) is 0 Å². The van der Waals surface area contributed by atoms with E-state index < -0.39 is 0 Å². The fourth-order valence-corrected chi connectivity index (χ4v) is 3.68. The van der Waals surface area contributed by atoms with Crippen molar-refractivity contribution in [3.8, 4) is 0 Å². The molecule has 112 valence electrons. The number of nitrogens with one attached hydrogen (secondary N) is 1. The minimum atomic E-state index is 0.295. The minimum absolute atomic E-state index is 0.295. The molecule has 0 aromatic heterocycles. The molecule has 3 rings (SSSR count). The quantitative estimate of drug-likeness (QED) is 0.893. The normalized spacial score (nSPS) is 23.6. The number of fused-ring (bicyclic) bond motifs is 1. The summed E-state index contributed by atoms with van der Waals surface area (Å²) >= 11 is 6.35. The number of halogens is 1. The summed E-state index contributed by atoms with van der Waals surface area (Å²) in [6, 6.07) is 12.9. The van der Waals surface area contributed by atoms with Crippen LogP contribution in [0.4, 0.5) is 0 Å². The zero-order valence-electron chi connectivity index (χ0n) is 12.6. The van der Waals surface area contributed by atoms with E-state index in [0.29, 0.717) is 18.1 Å². The summed E-state index contributed by atoms with van der Waals surface area (Å²) in [6.45, 7) is 6.15. The van der Waals surface area contributed by atoms with E-state index in [4.69, 9.17) is 16.3 Å². The molecule has 1 aliphatic heterocycles. The van der Waals surface area contributed by atoms with Crippen molar-refractivity contribution in [2.75, 3.05) is 13.2 Å². The molecule has 2 aromatic carbocycles. The lowest BCUT2D eigenvalue weighted by molar-refractivity contribution is 0.0957. The standard InChI is InChI=1S/C18H22ClNO/c1-3-20-18(13-10-11-21-12(13)2)16-8-9-17(19)15-7-5-4-6-14(15)16/h4-9,12-13,18,20H,3,10-11H2,1-2H3. The predicted molar refractivity (Wildman–Crippen MR) is 88.9 cm³/mol. The highest BCUT2D eigenvalue weighted by Gasteiger charge is 2.33. The number of hydrogen-bond acceptors (Lipinski definition) is 2. The topological polar surface area (TPSA) is 21.3 Å². The first kappa shape index (κ1) is 14.8. The van der Waals surface area contributed by atoms with E-state index in [2.05, 4.69) is 43.4 Å². The second kappa shape index (κ2) is 6.35. The first-order valence-corrected chi connectivity index (χ1v) is 8.12. The second-order valence-corrected chi connectivity index (χ2v) is 6.15. The van der Waals surface area contributed by atoms with Crippen molar-refractivity contribution in [3.05, 3.63) is 47.0 Å². The summed E-state index contributed by atoms with van der Waals surface area (Å²) in [5.41, 5.74) is 1.33. The van der Waals surface area contributed by atoms with E-state index in [-0.39, 0.29) is 0 Å². The molecule has 1 aliphatic rings. The van der Waals surface area contributed by atoms with E-state index in [1.54, 1.807) is 0 Å². The maximum Gasteiger partial charge on any atom is 0.0594 e. The minimum Gasteiger partial charge on any atom is -0.378 e. The molecular weight excluding hydrogens is 282 g/mol. The molecule has 0 aliphatic carbocycles. The Balaban J connectivity index is 2.09. The fourth-order valence-electron chi connectivity index (χ4n) is 3.45. The van der Waals surface area contributed by atoms with Crippen LogP contribution in [0.15, 0.2) is 36.4 Å². The highest BCUT2D eigenvalue weighted by Crippen LogP contribution is 2.38. The number of rotatable bonds is 4. The second-order valence-electron chi connectivity index (χ2n) is 5.75. The summed E-state index contributed by atoms with van der Waals surface area (Å²) in [5, 5.41) is 6.86. The maximum atomic E-state index is 6.35. The van der Waals surface area contributed by atoms with Gasteiger partial charge in [0, 0.05) is 29.0 Å². The Kier molecular flexibility index (Phi) is 4.48. The van der Waals surface area contributed by atoms with Gasteiger partial charge in [-0.3, -0.25) is 0 Å². The van der Waals surface area contributed by atoms with Gasteiger partial charge in [-0.1, -0.05) is 48.9 Å². The molecule has 0 amide bonds. The predicted octanol–water partition coefficient (Wildman–Crippen LogP) is 4.57. The highest BCUT2D eigenvalue weighted by molar-refractivity contribution is 6.35. The fraction of sp³-hybridized carbons (Fsp3) is 0.444. The van der Waals surface area contributed by atoms with Crippen LogP contribution >= 0.6 is 11.6 Å².